The second-order valence-electron chi connectivity index (χ2n) is 5.92. The van der Waals surface area contributed by atoms with Crippen molar-refractivity contribution in [3.63, 3.8) is 0 Å². The molecular weight excluding hydrogens is 324 g/mol. The van der Waals surface area contributed by atoms with Gasteiger partial charge in [0.15, 0.2) is 0 Å². The van der Waals surface area contributed by atoms with Gasteiger partial charge in [0.05, 0.1) is 0 Å². The average Bonchev–Trinajstić information content (AvgIpc) is 2.69. The Balaban J connectivity index is 1.62. The van der Waals surface area contributed by atoms with E-state index in [1.165, 1.54) is 11.9 Å². The maximum Gasteiger partial charge on any atom is 0.274 e. The molecule has 0 saturated carbocycles. The van der Waals surface area contributed by atoms with Crippen molar-refractivity contribution in [2.45, 2.75) is 19.8 Å². The second kappa shape index (κ2) is 8.76. The molecule has 0 unspecified atom stereocenters. The highest BCUT2D eigenvalue weighted by atomic mass is 16.1. The molecule has 0 fully saturated rings. The number of para-hydroxylation sites is 1. The zero-order valence-electron chi connectivity index (χ0n) is 14.8. The van der Waals surface area contributed by atoms with Crippen LogP contribution in [0.1, 0.15) is 28.5 Å². The SMILES string of the molecule is CCc1ccccc1NC(=O)c1cc(NCCc2ccccc2)ncn1. The summed E-state index contributed by atoms with van der Waals surface area (Å²) >= 11 is 0. The Labute approximate surface area is 153 Å². The van der Waals surface area contributed by atoms with E-state index in [1.807, 2.05) is 42.5 Å². The lowest BCUT2D eigenvalue weighted by Gasteiger charge is -2.10. The van der Waals surface area contributed by atoms with E-state index in [-0.39, 0.29) is 5.91 Å². The van der Waals surface area contributed by atoms with Gasteiger partial charge in [0, 0.05) is 18.3 Å². The normalized spacial score (nSPS) is 10.3. The molecule has 1 aromatic heterocycles. The van der Waals surface area contributed by atoms with Crippen LogP contribution in [0.5, 0.6) is 0 Å². The summed E-state index contributed by atoms with van der Waals surface area (Å²) in [5, 5.41) is 6.17. The molecule has 0 aliphatic rings. The fourth-order valence-electron chi connectivity index (χ4n) is 2.69. The molecule has 132 valence electrons. The van der Waals surface area contributed by atoms with Gasteiger partial charge in [-0.2, -0.15) is 0 Å². The summed E-state index contributed by atoms with van der Waals surface area (Å²) in [4.78, 5) is 20.8. The minimum atomic E-state index is -0.237. The van der Waals surface area contributed by atoms with Crippen LogP contribution in [0.2, 0.25) is 0 Å². The number of rotatable bonds is 7. The van der Waals surface area contributed by atoms with Gasteiger partial charge >= 0.3 is 0 Å². The lowest BCUT2D eigenvalue weighted by Crippen LogP contribution is -2.16. The topological polar surface area (TPSA) is 66.9 Å². The van der Waals surface area contributed by atoms with Crippen molar-refractivity contribution >= 4 is 17.4 Å². The number of aromatic nitrogens is 2. The van der Waals surface area contributed by atoms with Crippen molar-refractivity contribution in [2.24, 2.45) is 0 Å². The van der Waals surface area contributed by atoms with Crippen LogP contribution in [0.25, 0.3) is 0 Å². The number of carbonyl (C=O) groups excluding carboxylic acids is 1. The standard InChI is InChI=1S/C21H22N4O/c1-2-17-10-6-7-11-18(17)25-21(26)19-14-20(24-15-23-19)22-13-12-16-8-4-3-5-9-16/h3-11,14-15H,2,12-13H2,1H3,(H,25,26)(H,22,23,24). The van der Waals surface area contributed by atoms with Crippen molar-refractivity contribution in [3.8, 4) is 0 Å². The van der Waals surface area contributed by atoms with Gasteiger partial charge in [0.25, 0.3) is 5.91 Å². The molecule has 0 spiro atoms. The number of amides is 1. The minimum absolute atomic E-state index is 0.237. The quantitative estimate of drug-likeness (QED) is 0.680. The number of aryl methyl sites for hydroxylation is 1. The van der Waals surface area contributed by atoms with Crippen molar-refractivity contribution in [3.05, 3.63) is 83.8 Å². The van der Waals surface area contributed by atoms with Crippen molar-refractivity contribution in [2.75, 3.05) is 17.2 Å². The molecule has 1 heterocycles. The zero-order chi connectivity index (χ0) is 18.2. The number of benzene rings is 2. The Morgan fingerprint density at radius 2 is 1.77 bits per heavy atom. The molecule has 0 aliphatic carbocycles. The Morgan fingerprint density at radius 3 is 2.58 bits per heavy atom. The molecule has 0 atom stereocenters. The monoisotopic (exact) mass is 346 g/mol. The van der Waals surface area contributed by atoms with Gasteiger partial charge in [-0.15, -0.1) is 0 Å². The van der Waals surface area contributed by atoms with Crippen LogP contribution in [0.3, 0.4) is 0 Å². The third kappa shape index (κ3) is 4.66. The second-order valence-corrected chi connectivity index (χ2v) is 5.92. The molecule has 3 aromatic rings. The molecule has 0 saturated heterocycles. The molecule has 5 heteroatoms. The van der Waals surface area contributed by atoms with E-state index in [0.717, 1.165) is 30.6 Å². The van der Waals surface area contributed by atoms with Gasteiger partial charge in [0.1, 0.15) is 17.8 Å². The van der Waals surface area contributed by atoms with E-state index in [0.29, 0.717) is 11.5 Å². The predicted molar refractivity (Wildman–Crippen MR) is 104 cm³/mol. The lowest BCUT2D eigenvalue weighted by atomic mass is 10.1. The first kappa shape index (κ1) is 17.6. The van der Waals surface area contributed by atoms with E-state index in [9.17, 15) is 4.79 Å². The first-order valence-electron chi connectivity index (χ1n) is 8.75. The predicted octanol–water partition coefficient (Wildman–Crippen LogP) is 3.95. The van der Waals surface area contributed by atoms with Gasteiger partial charge in [0.2, 0.25) is 0 Å². The third-order valence-corrected chi connectivity index (χ3v) is 4.11. The van der Waals surface area contributed by atoms with Crippen LogP contribution in [0.15, 0.2) is 67.0 Å². The maximum absolute atomic E-state index is 12.5. The van der Waals surface area contributed by atoms with E-state index in [1.54, 1.807) is 6.07 Å². The van der Waals surface area contributed by atoms with Crippen LogP contribution in [0.4, 0.5) is 11.5 Å². The van der Waals surface area contributed by atoms with E-state index >= 15 is 0 Å². The van der Waals surface area contributed by atoms with Crippen LogP contribution in [-0.4, -0.2) is 22.4 Å². The van der Waals surface area contributed by atoms with Gasteiger partial charge in [-0.3, -0.25) is 4.79 Å². The van der Waals surface area contributed by atoms with Gasteiger partial charge < -0.3 is 10.6 Å². The van der Waals surface area contributed by atoms with Gasteiger partial charge in [-0.25, -0.2) is 9.97 Å². The molecule has 1 amide bonds. The Hall–Kier alpha value is -3.21. The summed E-state index contributed by atoms with van der Waals surface area (Å²) in [6.07, 6.45) is 3.15. The fraction of sp³-hybridized carbons (Fsp3) is 0.190. The van der Waals surface area contributed by atoms with Crippen molar-refractivity contribution in [1.82, 2.24) is 9.97 Å². The highest BCUT2D eigenvalue weighted by Crippen LogP contribution is 2.16. The number of carbonyl (C=O) groups is 1. The highest BCUT2D eigenvalue weighted by molar-refractivity contribution is 6.03. The summed E-state index contributed by atoms with van der Waals surface area (Å²) in [6.45, 7) is 2.80. The molecular formula is C21H22N4O. The van der Waals surface area contributed by atoms with E-state index in [2.05, 4.69) is 39.7 Å². The number of hydrogen-bond acceptors (Lipinski definition) is 4. The average molecular weight is 346 g/mol. The largest absolute Gasteiger partial charge is 0.370 e. The van der Waals surface area contributed by atoms with Gasteiger partial charge in [-0.05, 0) is 30.0 Å². The molecule has 3 rings (SSSR count). The Bertz CT molecular complexity index is 865. The molecule has 0 bridgehead atoms. The number of anilines is 2. The summed E-state index contributed by atoms with van der Waals surface area (Å²) < 4.78 is 0. The summed E-state index contributed by atoms with van der Waals surface area (Å²) in [6, 6.07) is 19.7. The van der Waals surface area contributed by atoms with Gasteiger partial charge in [-0.1, -0.05) is 55.5 Å². The van der Waals surface area contributed by atoms with Crippen LogP contribution in [0, 0.1) is 0 Å². The summed E-state index contributed by atoms with van der Waals surface area (Å²) in [5.74, 6) is 0.407. The summed E-state index contributed by atoms with van der Waals surface area (Å²) in [7, 11) is 0. The van der Waals surface area contributed by atoms with Crippen LogP contribution < -0.4 is 10.6 Å². The molecule has 2 aromatic carbocycles. The zero-order valence-corrected chi connectivity index (χ0v) is 14.8. The first-order valence-corrected chi connectivity index (χ1v) is 8.75. The third-order valence-electron chi connectivity index (χ3n) is 4.11. The lowest BCUT2D eigenvalue weighted by molar-refractivity contribution is 0.102. The highest BCUT2D eigenvalue weighted by Gasteiger charge is 2.11. The van der Waals surface area contributed by atoms with E-state index < -0.39 is 0 Å². The molecule has 2 N–H and O–H groups in total. The molecule has 0 aliphatic heterocycles. The Morgan fingerprint density at radius 1 is 1.00 bits per heavy atom. The summed E-state index contributed by atoms with van der Waals surface area (Å²) in [5.41, 5.74) is 3.50. The number of nitrogens with zero attached hydrogens (tertiary/aromatic N) is 2. The molecule has 26 heavy (non-hydrogen) atoms. The first-order chi connectivity index (χ1) is 12.8. The number of hydrogen-bond donors (Lipinski definition) is 2. The molecule has 5 nitrogen and oxygen atoms in total. The van der Waals surface area contributed by atoms with Crippen LogP contribution in [-0.2, 0) is 12.8 Å². The Kier molecular flexibility index (Phi) is 5.93. The smallest absolute Gasteiger partial charge is 0.274 e. The molecule has 0 radical (unpaired) electrons. The van der Waals surface area contributed by atoms with Crippen LogP contribution >= 0.6 is 0 Å². The van der Waals surface area contributed by atoms with Crippen molar-refractivity contribution < 1.29 is 4.79 Å². The fourth-order valence-corrected chi connectivity index (χ4v) is 2.69. The minimum Gasteiger partial charge on any atom is -0.370 e. The van der Waals surface area contributed by atoms with Crippen molar-refractivity contribution in [1.29, 1.82) is 0 Å². The van der Waals surface area contributed by atoms with E-state index in [4.69, 9.17) is 0 Å². The number of nitrogens with one attached hydrogen (secondary N) is 2. The maximum atomic E-state index is 12.5.